The molecule has 0 spiro atoms. The lowest BCUT2D eigenvalue weighted by atomic mass is 10.1. The third kappa shape index (κ3) is 6.87. The van der Waals surface area contributed by atoms with Crippen molar-refractivity contribution in [2.45, 2.75) is 31.7 Å². The van der Waals surface area contributed by atoms with Crippen LogP contribution in [0.25, 0.3) is 0 Å². The predicted molar refractivity (Wildman–Crippen MR) is 141 cm³/mol. The Labute approximate surface area is 224 Å². The number of nitrogens with zero attached hydrogens (tertiary/aromatic N) is 2. The van der Waals surface area contributed by atoms with E-state index < -0.39 is 11.9 Å². The number of carbonyl (C=O) groups is 3. The Kier molecular flexibility index (Phi) is 8.09. The van der Waals surface area contributed by atoms with Gasteiger partial charge in [-0.15, -0.1) is 11.3 Å². The average molecular weight is 549 g/mol. The molecule has 5 rings (SSSR count). The van der Waals surface area contributed by atoms with E-state index in [9.17, 15) is 14.4 Å². The number of morpholine rings is 1. The van der Waals surface area contributed by atoms with Crippen LogP contribution in [-0.4, -0.2) is 68.1 Å². The number of thiophene rings is 1. The summed E-state index contributed by atoms with van der Waals surface area (Å²) in [5, 5.41) is 5.61. The van der Waals surface area contributed by atoms with Crippen LogP contribution in [0.5, 0.6) is 0 Å². The molecule has 1 aromatic carbocycles. The van der Waals surface area contributed by atoms with Crippen molar-refractivity contribution in [3.63, 3.8) is 0 Å². The topological polar surface area (TPSA) is 91.0 Å². The Balaban J connectivity index is 1.31. The Morgan fingerprint density at radius 3 is 2.49 bits per heavy atom. The van der Waals surface area contributed by atoms with Crippen LogP contribution in [0.15, 0.2) is 30.3 Å². The number of benzene rings is 1. The van der Waals surface area contributed by atoms with Gasteiger partial charge in [0.25, 0.3) is 11.8 Å². The molecular formula is C26H30ClFN4O4S. The van der Waals surface area contributed by atoms with Crippen LogP contribution < -0.4 is 15.5 Å². The van der Waals surface area contributed by atoms with Gasteiger partial charge in [0.1, 0.15) is 18.5 Å². The van der Waals surface area contributed by atoms with Crippen LogP contribution in [0, 0.1) is 17.7 Å². The molecule has 1 aromatic heterocycles. The number of hydrogen-bond donors (Lipinski definition) is 2. The molecule has 37 heavy (non-hydrogen) atoms. The molecule has 1 atom stereocenters. The van der Waals surface area contributed by atoms with Gasteiger partial charge in [-0.2, -0.15) is 0 Å². The van der Waals surface area contributed by atoms with Crippen molar-refractivity contribution in [3.05, 3.63) is 45.4 Å². The van der Waals surface area contributed by atoms with Gasteiger partial charge in [0.15, 0.2) is 0 Å². The van der Waals surface area contributed by atoms with Crippen LogP contribution in [0.2, 0.25) is 4.34 Å². The zero-order chi connectivity index (χ0) is 25.9. The van der Waals surface area contributed by atoms with Crippen molar-refractivity contribution in [1.82, 2.24) is 10.2 Å². The molecule has 3 fully saturated rings. The highest BCUT2D eigenvalue weighted by molar-refractivity contribution is 7.18. The first-order valence-electron chi connectivity index (χ1n) is 12.6. The van der Waals surface area contributed by atoms with Gasteiger partial charge in [-0.25, -0.2) is 4.39 Å². The van der Waals surface area contributed by atoms with Gasteiger partial charge < -0.3 is 20.3 Å². The molecule has 0 bridgehead atoms. The summed E-state index contributed by atoms with van der Waals surface area (Å²) in [7, 11) is 0. The van der Waals surface area contributed by atoms with E-state index in [1.807, 2.05) is 0 Å². The number of carbonyl (C=O) groups excluding carboxylic acids is 3. The summed E-state index contributed by atoms with van der Waals surface area (Å²) in [6.45, 7) is 2.34. The number of halogens is 2. The monoisotopic (exact) mass is 548 g/mol. The standard InChI is InChI=1S/C26H30ClFN4O4S/c27-23-8-7-22(37-23)26(35)29-12-21(31(13-16-1-2-16)14-17-3-4-17)25(34)30-20-6-5-18(11-19(20)28)32-9-10-36-15-24(32)33/h5-8,11,16-17,21H,1-4,9-10,12-15H2,(H,29,35)(H,30,34)/t21-/m1/s1. The molecule has 0 radical (unpaired) electrons. The molecule has 1 saturated heterocycles. The van der Waals surface area contributed by atoms with E-state index in [1.165, 1.54) is 28.4 Å². The second-order valence-corrected chi connectivity index (χ2v) is 11.6. The Morgan fingerprint density at radius 1 is 1.16 bits per heavy atom. The number of amides is 3. The van der Waals surface area contributed by atoms with Gasteiger partial charge in [-0.05, 0) is 67.9 Å². The first kappa shape index (κ1) is 26.1. The Hall–Kier alpha value is -2.53. The van der Waals surface area contributed by atoms with E-state index in [0.29, 0.717) is 39.9 Å². The summed E-state index contributed by atoms with van der Waals surface area (Å²) in [5.74, 6) is -0.442. The summed E-state index contributed by atoms with van der Waals surface area (Å²) in [5.41, 5.74) is 0.458. The number of anilines is 2. The van der Waals surface area contributed by atoms with Crippen molar-refractivity contribution in [2.75, 3.05) is 49.6 Å². The molecule has 11 heteroatoms. The summed E-state index contributed by atoms with van der Waals surface area (Å²) < 4.78 is 20.7. The molecule has 2 saturated carbocycles. The molecule has 8 nitrogen and oxygen atoms in total. The third-order valence-electron chi connectivity index (χ3n) is 6.88. The van der Waals surface area contributed by atoms with E-state index in [-0.39, 0.29) is 36.6 Å². The molecule has 0 unspecified atom stereocenters. The average Bonchev–Trinajstić information content (AvgIpc) is 3.81. The van der Waals surface area contributed by atoms with E-state index >= 15 is 4.39 Å². The fourth-order valence-electron chi connectivity index (χ4n) is 4.47. The quantitative estimate of drug-likeness (QED) is 0.446. The normalized spacial score (nSPS) is 18.7. The molecule has 3 amide bonds. The van der Waals surface area contributed by atoms with Crippen molar-refractivity contribution >= 4 is 52.0 Å². The maximum atomic E-state index is 15.1. The van der Waals surface area contributed by atoms with Crippen molar-refractivity contribution < 1.29 is 23.5 Å². The molecule has 2 aromatic rings. The number of ether oxygens (including phenoxy) is 1. The van der Waals surface area contributed by atoms with E-state index in [0.717, 1.165) is 38.8 Å². The van der Waals surface area contributed by atoms with E-state index in [2.05, 4.69) is 15.5 Å². The smallest absolute Gasteiger partial charge is 0.261 e. The van der Waals surface area contributed by atoms with Crippen molar-refractivity contribution in [1.29, 1.82) is 0 Å². The molecule has 198 valence electrons. The number of nitrogens with one attached hydrogen (secondary N) is 2. The number of hydrogen-bond acceptors (Lipinski definition) is 6. The fourth-order valence-corrected chi connectivity index (χ4v) is 5.43. The lowest BCUT2D eigenvalue weighted by Gasteiger charge is -2.31. The molecule has 2 heterocycles. The highest BCUT2D eigenvalue weighted by Crippen LogP contribution is 2.35. The Morgan fingerprint density at radius 2 is 1.89 bits per heavy atom. The first-order chi connectivity index (χ1) is 17.9. The fraction of sp³-hybridized carbons (Fsp3) is 0.500. The van der Waals surface area contributed by atoms with Crippen molar-refractivity contribution in [3.8, 4) is 0 Å². The molecule has 1 aliphatic heterocycles. The van der Waals surface area contributed by atoms with Gasteiger partial charge >= 0.3 is 0 Å². The first-order valence-corrected chi connectivity index (χ1v) is 13.8. The minimum Gasteiger partial charge on any atom is -0.370 e. The predicted octanol–water partition coefficient (Wildman–Crippen LogP) is 3.76. The van der Waals surface area contributed by atoms with Crippen LogP contribution >= 0.6 is 22.9 Å². The van der Waals surface area contributed by atoms with Crippen LogP contribution in [0.3, 0.4) is 0 Å². The number of rotatable bonds is 11. The maximum absolute atomic E-state index is 15.1. The lowest BCUT2D eigenvalue weighted by molar-refractivity contribution is -0.125. The minimum atomic E-state index is -0.652. The SMILES string of the molecule is O=C(NC[C@H](C(=O)Nc1ccc(N2CCOCC2=O)cc1F)N(CC1CC1)CC1CC1)c1ccc(Cl)s1. The van der Waals surface area contributed by atoms with Crippen LogP contribution in [0.1, 0.15) is 35.4 Å². The van der Waals surface area contributed by atoms with E-state index in [4.69, 9.17) is 16.3 Å². The minimum absolute atomic E-state index is 0.0358. The van der Waals surface area contributed by atoms with E-state index in [1.54, 1.807) is 18.2 Å². The lowest BCUT2D eigenvalue weighted by Crippen LogP contribution is -2.52. The second kappa shape index (κ2) is 11.5. The third-order valence-corrected chi connectivity index (χ3v) is 8.11. The highest BCUT2D eigenvalue weighted by atomic mass is 35.5. The summed E-state index contributed by atoms with van der Waals surface area (Å²) in [4.78, 5) is 42.4. The summed E-state index contributed by atoms with van der Waals surface area (Å²) >= 11 is 7.15. The molecule has 2 aliphatic carbocycles. The largest absolute Gasteiger partial charge is 0.370 e. The van der Waals surface area contributed by atoms with Gasteiger partial charge in [-0.3, -0.25) is 19.3 Å². The van der Waals surface area contributed by atoms with Crippen molar-refractivity contribution in [2.24, 2.45) is 11.8 Å². The van der Waals surface area contributed by atoms with Gasteiger partial charge in [0, 0.05) is 31.9 Å². The zero-order valence-electron chi connectivity index (χ0n) is 20.4. The van der Waals surface area contributed by atoms with Gasteiger partial charge in [0.2, 0.25) is 5.91 Å². The second-order valence-electron chi connectivity index (χ2n) is 9.92. The zero-order valence-corrected chi connectivity index (χ0v) is 22.0. The highest BCUT2D eigenvalue weighted by Gasteiger charge is 2.36. The van der Waals surface area contributed by atoms with Gasteiger partial charge in [-0.1, -0.05) is 11.6 Å². The van der Waals surface area contributed by atoms with Crippen LogP contribution in [-0.2, 0) is 14.3 Å². The summed E-state index contributed by atoms with van der Waals surface area (Å²) in [6.07, 6.45) is 4.52. The molecule has 3 aliphatic rings. The Bertz CT molecular complexity index is 1160. The molecule has 2 N–H and O–H groups in total. The van der Waals surface area contributed by atoms with Crippen LogP contribution in [0.4, 0.5) is 15.8 Å². The maximum Gasteiger partial charge on any atom is 0.261 e. The van der Waals surface area contributed by atoms with Gasteiger partial charge in [0.05, 0.1) is 21.5 Å². The molecular weight excluding hydrogens is 519 g/mol. The summed E-state index contributed by atoms with van der Waals surface area (Å²) in [6, 6.07) is 7.00.